The minimum absolute atomic E-state index is 0.275. The van der Waals surface area contributed by atoms with E-state index in [1.807, 2.05) is 0 Å². The topological polar surface area (TPSA) is 13.0 Å². The standard InChI is InChI=1S/C13H27ClN4/c1-15-3-7-17(8-4-15)11-13(14)12-18-9-5-16(2)6-10-18/h13H,3-12H2,1-2H3. The Bertz CT molecular complexity index is 211. The van der Waals surface area contributed by atoms with Crippen LogP contribution in [0.3, 0.4) is 0 Å². The Balaban J connectivity index is 1.64. The monoisotopic (exact) mass is 274 g/mol. The molecular weight excluding hydrogens is 248 g/mol. The van der Waals surface area contributed by atoms with Crippen LogP contribution in [0.2, 0.25) is 0 Å². The molecule has 0 aromatic carbocycles. The highest BCUT2D eigenvalue weighted by Crippen LogP contribution is 2.08. The van der Waals surface area contributed by atoms with Gasteiger partial charge in [-0.15, -0.1) is 11.6 Å². The lowest BCUT2D eigenvalue weighted by atomic mass is 10.2. The van der Waals surface area contributed by atoms with Crippen LogP contribution in [-0.4, -0.2) is 105 Å². The molecule has 2 heterocycles. The molecule has 0 aliphatic carbocycles. The van der Waals surface area contributed by atoms with Gasteiger partial charge in [-0.25, -0.2) is 0 Å². The molecule has 0 bridgehead atoms. The van der Waals surface area contributed by atoms with E-state index >= 15 is 0 Å². The molecule has 4 nitrogen and oxygen atoms in total. The lowest BCUT2D eigenvalue weighted by Gasteiger charge is -2.36. The largest absolute Gasteiger partial charge is 0.304 e. The van der Waals surface area contributed by atoms with Gasteiger partial charge in [0.2, 0.25) is 0 Å². The summed E-state index contributed by atoms with van der Waals surface area (Å²) in [4.78, 5) is 9.79. The number of hydrogen-bond donors (Lipinski definition) is 0. The van der Waals surface area contributed by atoms with Gasteiger partial charge in [-0.3, -0.25) is 9.80 Å². The molecule has 0 amide bonds. The van der Waals surface area contributed by atoms with Crippen molar-refractivity contribution >= 4 is 11.6 Å². The Morgan fingerprint density at radius 3 is 1.39 bits per heavy atom. The number of likely N-dealkylation sites (N-methyl/N-ethyl adjacent to an activating group) is 2. The third-order valence-electron chi connectivity index (χ3n) is 4.10. The first-order valence-corrected chi connectivity index (χ1v) is 7.53. The van der Waals surface area contributed by atoms with Crippen molar-refractivity contribution in [3.8, 4) is 0 Å². The fraction of sp³-hybridized carbons (Fsp3) is 1.00. The summed E-state index contributed by atoms with van der Waals surface area (Å²) in [7, 11) is 4.39. The Hall–Kier alpha value is 0.130. The second kappa shape index (κ2) is 7.06. The van der Waals surface area contributed by atoms with Crippen LogP contribution in [0.4, 0.5) is 0 Å². The van der Waals surface area contributed by atoms with Gasteiger partial charge in [0.25, 0.3) is 0 Å². The zero-order valence-electron chi connectivity index (χ0n) is 11.8. The molecule has 2 rings (SSSR count). The summed E-state index contributed by atoms with van der Waals surface area (Å²) in [6, 6.07) is 0. The fourth-order valence-corrected chi connectivity index (χ4v) is 3.07. The second-order valence-corrected chi connectivity index (χ2v) is 6.42. The molecule has 0 atom stereocenters. The normalized spacial score (nSPS) is 26.0. The van der Waals surface area contributed by atoms with Crippen molar-refractivity contribution in [3.05, 3.63) is 0 Å². The van der Waals surface area contributed by atoms with E-state index in [2.05, 4.69) is 33.7 Å². The molecule has 18 heavy (non-hydrogen) atoms. The molecule has 5 heteroatoms. The van der Waals surface area contributed by atoms with Crippen molar-refractivity contribution in [1.82, 2.24) is 19.6 Å². The molecule has 2 aliphatic heterocycles. The number of piperazine rings is 2. The maximum Gasteiger partial charge on any atom is 0.0590 e. The fourth-order valence-electron chi connectivity index (χ4n) is 2.68. The lowest BCUT2D eigenvalue weighted by Crippen LogP contribution is -2.50. The van der Waals surface area contributed by atoms with Crippen molar-refractivity contribution in [2.24, 2.45) is 0 Å². The number of hydrogen-bond acceptors (Lipinski definition) is 4. The molecule has 0 aromatic rings. The maximum atomic E-state index is 6.51. The zero-order chi connectivity index (χ0) is 13.0. The predicted molar refractivity (Wildman–Crippen MR) is 77.5 cm³/mol. The molecule has 2 aliphatic rings. The van der Waals surface area contributed by atoms with Gasteiger partial charge in [0.1, 0.15) is 0 Å². The quantitative estimate of drug-likeness (QED) is 0.674. The van der Waals surface area contributed by atoms with Gasteiger partial charge in [0.15, 0.2) is 0 Å². The maximum absolute atomic E-state index is 6.51. The minimum atomic E-state index is 0.275. The Morgan fingerprint density at radius 1 is 0.722 bits per heavy atom. The average Bonchev–Trinajstić information content (AvgIpc) is 2.35. The van der Waals surface area contributed by atoms with Gasteiger partial charge in [-0.2, -0.15) is 0 Å². The second-order valence-electron chi connectivity index (χ2n) is 5.81. The van der Waals surface area contributed by atoms with Crippen LogP contribution in [0.15, 0.2) is 0 Å². The Labute approximate surface area is 116 Å². The first kappa shape index (κ1) is 14.5. The Morgan fingerprint density at radius 2 is 1.06 bits per heavy atom. The van der Waals surface area contributed by atoms with Crippen molar-refractivity contribution in [1.29, 1.82) is 0 Å². The molecular formula is C13H27ClN4. The van der Waals surface area contributed by atoms with E-state index in [1.54, 1.807) is 0 Å². The Kier molecular flexibility index (Phi) is 5.70. The van der Waals surface area contributed by atoms with Crippen molar-refractivity contribution in [3.63, 3.8) is 0 Å². The molecule has 0 aromatic heterocycles. The zero-order valence-corrected chi connectivity index (χ0v) is 12.6. The SMILES string of the molecule is CN1CCN(CC(Cl)CN2CCN(C)CC2)CC1. The lowest BCUT2D eigenvalue weighted by molar-refractivity contribution is 0.130. The summed E-state index contributed by atoms with van der Waals surface area (Å²) in [5.74, 6) is 0. The summed E-state index contributed by atoms with van der Waals surface area (Å²) >= 11 is 6.51. The highest BCUT2D eigenvalue weighted by molar-refractivity contribution is 6.21. The van der Waals surface area contributed by atoms with Gasteiger partial charge >= 0.3 is 0 Å². The van der Waals surface area contributed by atoms with Crippen molar-refractivity contribution in [2.45, 2.75) is 5.38 Å². The average molecular weight is 275 g/mol. The van der Waals surface area contributed by atoms with Gasteiger partial charge in [-0.1, -0.05) is 0 Å². The summed E-state index contributed by atoms with van der Waals surface area (Å²) in [6.45, 7) is 11.5. The van der Waals surface area contributed by atoms with Crippen LogP contribution < -0.4 is 0 Å². The summed E-state index contributed by atoms with van der Waals surface area (Å²) < 4.78 is 0. The van der Waals surface area contributed by atoms with Crippen molar-refractivity contribution in [2.75, 3.05) is 79.5 Å². The van der Waals surface area contributed by atoms with Crippen LogP contribution in [0.1, 0.15) is 0 Å². The first-order valence-electron chi connectivity index (χ1n) is 7.09. The van der Waals surface area contributed by atoms with E-state index < -0.39 is 0 Å². The van der Waals surface area contributed by atoms with Gasteiger partial charge in [-0.05, 0) is 14.1 Å². The molecule has 0 spiro atoms. The number of nitrogens with zero attached hydrogens (tertiary/aromatic N) is 4. The number of halogens is 1. The summed E-state index contributed by atoms with van der Waals surface area (Å²) in [6.07, 6.45) is 0. The van der Waals surface area contributed by atoms with E-state index in [4.69, 9.17) is 11.6 Å². The number of rotatable bonds is 4. The van der Waals surface area contributed by atoms with Crippen LogP contribution in [0.5, 0.6) is 0 Å². The molecule has 106 valence electrons. The molecule has 0 radical (unpaired) electrons. The minimum Gasteiger partial charge on any atom is -0.304 e. The van der Waals surface area contributed by atoms with E-state index in [0.717, 1.165) is 13.1 Å². The van der Waals surface area contributed by atoms with Crippen LogP contribution in [-0.2, 0) is 0 Å². The van der Waals surface area contributed by atoms with E-state index in [1.165, 1.54) is 52.4 Å². The van der Waals surface area contributed by atoms with Gasteiger partial charge in [0.05, 0.1) is 5.38 Å². The van der Waals surface area contributed by atoms with E-state index in [9.17, 15) is 0 Å². The van der Waals surface area contributed by atoms with E-state index in [0.29, 0.717) is 0 Å². The smallest absolute Gasteiger partial charge is 0.0590 e. The molecule has 2 fully saturated rings. The molecule has 2 saturated heterocycles. The highest BCUT2D eigenvalue weighted by Gasteiger charge is 2.20. The van der Waals surface area contributed by atoms with Gasteiger partial charge < -0.3 is 9.80 Å². The van der Waals surface area contributed by atoms with Crippen LogP contribution in [0.25, 0.3) is 0 Å². The molecule has 0 saturated carbocycles. The third kappa shape index (κ3) is 4.67. The first-order chi connectivity index (χ1) is 8.63. The molecule has 0 unspecified atom stereocenters. The van der Waals surface area contributed by atoms with Crippen molar-refractivity contribution < 1.29 is 0 Å². The van der Waals surface area contributed by atoms with E-state index in [-0.39, 0.29) is 5.38 Å². The predicted octanol–water partition coefficient (Wildman–Crippen LogP) is 0.0886. The molecule has 0 N–H and O–H groups in total. The van der Waals surface area contributed by atoms with Crippen LogP contribution in [0, 0.1) is 0 Å². The summed E-state index contributed by atoms with van der Waals surface area (Å²) in [5.41, 5.74) is 0. The van der Waals surface area contributed by atoms with Crippen LogP contribution >= 0.6 is 11.6 Å². The summed E-state index contributed by atoms with van der Waals surface area (Å²) in [5, 5.41) is 0.275. The number of alkyl halides is 1. The third-order valence-corrected chi connectivity index (χ3v) is 4.38. The highest BCUT2D eigenvalue weighted by atomic mass is 35.5. The van der Waals surface area contributed by atoms with Gasteiger partial charge in [0, 0.05) is 65.4 Å².